The van der Waals surface area contributed by atoms with Crippen LogP contribution in [-0.2, 0) is 9.59 Å². The van der Waals surface area contributed by atoms with Gasteiger partial charge in [0.25, 0.3) is 0 Å². The van der Waals surface area contributed by atoms with E-state index in [2.05, 4.69) is 40.5 Å². The normalized spacial score (nSPS) is 22.2. The van der Waals surface area contributed by atoms with Gasteiger partial charge in [-0.3, -0.25) is 24.0 Å². The Labute approximate surface area is 267 Å². The molecule has 2 amide bonds. The molecule has 242 valence electrons. The molecule has 0 bridgehead atoms. The van der Waals surface area contributed by atoms with Crippen molar-refractivity contribution in [3.8, 4) is 0 Å². The van der Waals surface area contributed by atoms with Crippen LogP contribution in [0.5, 0.6) is 0 Å². The van der Waals surface area contributed by atoms with E-state index in [1.807, 2.05) is 34.9 Å². The molecule has 1 N–H and O–H groups in total. The molecule has 1 aromatic carbocycles. The Morgan fingerprint density at radius 2 is 1.78 bits per heavy atom. The second-order valence-corrected chi connectivity index (χ2v) is 14.6. The lowest BCUT2D eigenvalue weighted by atomic mass is 10.0. The van der Waals surface area contributed by atoms with E-state index in [-0.39, 0.29) is 46.7 Å². The van der Waals surface area contributed by atoms with E-state index < -0.39 is 5.25 Å². The molecule has 12 heteroatoms. The first-order valence-corrected chi connectivity index (χ1v) is 17.1. The van der Waals surface area contributed by atoms with Gasteiger partial charge in [-0.05, 0) is 58.2 Å². The summed E-state index contributed by atoms with van der Waals surface area (Å²) < 4.78 is 17.3. The number of fused-ring (bicyclic) bond motifs is 1. The molecular weight excluding hydrogens is 593 g/mol. The van der Waals surface area contributed by atoms with E-state index in [4.69, 9.17) is 0 Å². The number of piperidine rings is 1. The minimum Gasteiger partial charge on any atom is -0.366 e. The minimum absolute atomic E-state index is 0.0249. The first-order valence-electron chi connectivity index (χ1n) is 16.1. The number of carbonyl (C=O) groups excluding carboxylic acids is 2. The molecule has 2 atom stereocenters. The number of thioether (sulfide) groups is 1. The van der Waals surface area contributed by atoms with Crippen molar-refractivity contribution in [3.05, 3.63) is 58.4 Å². The fourth-order valence-electron chi connectivity index (χ4n) is 7.08. The fourth-order valence-corrected chi connectivity index (χ4v) is 8.58. The summed E-state index contributed by atoms with van der Waals surface area (Å²) >= 11 is 1.47. The van der Waals surface area contributed by atoms with Crippen LogP contribution in [0, 0.1) is 5.82 Å². The van der Waals surface area contributed by atoms with Crippen LogP contribution in [0.3, 0.4) is 0 Å². The molecule has 45 heavy (non-hydrogen) atoms. The van der Waals surface area contributed by atoms with Crippen LogP contribution in [0.4, 0.5) is 10.1 Å². The Balaban J connectivity index is 1.14. The third kappa shape index (κ3) is 6.23. The summed E-state index contributed by atoms with van der Waals surface area (Å²) in [6.45, 7) is 13.3. The number of amides is 2. The van der Waals surface area contributed by atoms with Crippen molar-refractivity contribution in [2.75, 3.05) is 50.7 Å². The van der Waals surface area contributed by atoms with Gasteiger partial charge in [-0.1, -0.05) is 19.1 Å². The number of halogens is 1. The van der Waals surface area contributed by atoms with Gasteiger partial charge in [-0.25, -0.2) is 14.2 Å². The van der Waals surface area contributed by atoms with Crippen molar-refractivity contribution >= 4 is 40.4 Å². The molecule has 0 radical (unpaired) electrons. The Bertz CT molecular complexity index is 1600. The Morgan fingerprint density at radius 3 is 2.47 bits per heavy atom. The van der Waals surface area contributed by atoms with Gasteiger partial charge in [0.15, 0.2) is 5.65 Å². The van der Waals surface area contributed by atoms with Crippen LogP contribution in [0.25, 0.3) is 11.2 Å². The summed E-state index contributed by atoms with van der Waals surface area (Å²) in [7, 11) is 0. The zero-order chi connectivity index (χ0) is 31.9. The van der Waals surface area contributed by atoms with Crippen molar-refractivity contribution in [3.63, 3.8) is 0 Å². The van der Waals surface area contributed by atoms with E-state index in [0.29, 0.717) is 56.9 Å². The van der Waals surface area contributed by atoms with Crippen LogP contribution >= 0.6 is 11.8 Å². The second kappa shape index (κ2) is 12.8. The summed E-state index contributed by atoms with van der Waals surface area (Å²) in [4.78, 5) is 55.3. The van der Waals surface area contributed by atoms with Crippen LogP contribution in [0.1, 0.15) is 70.4 Å². The van der Waals surface area contributed by atoms with E-state index in [9.17, 15) is 14.4 Å². The van der Waals surface area contributed by atoms with Gasteiger partial charge < -0.3 is 14.7 Å². The summed E-state index contributed by atoms with van der Waals surface area (Å²) in [5.41, 5.74) is 2.59. The van der Waals surface area contributed by atoms with Gasteiger partial charge in [0.2, 0.25) is 11.8 Å². The zero-order valence-corrected chi connectivity index (χ0v) is 27.5. The van der Waals surface area contributed by atoms with Crippen LogP contribution < -0.4 is 10.6 Å². The van der Waals surface area contributed by atoms with Gasteiger partial charge >= 0.3 is 5.69 Å². The summed E-state index contributed by atoms with van der Waals surface area (Å²) in [5, 5.41) is -0.877. The molecule has 3 aliphatic heterocycles. The maximum atomic E-state index is 15.6. The number of nitrogens with zero attached hydrogens (tertiary/aromatic N) is 6. The lowest BCUT2D eigenvalue weighted by Gasteiger charge is -2.43. The maximum absolute atomic E-state index is 15.6. The molecule has 0 saturated carbocycles. The number of likely N-dealkylation sites (tertiary alicyclic amines) is 1. The largest absolute Gasteiger partial charge is 0.366 e. The lowest BCUT2D eigenvalue weighted by molar-refractivity contribution is -0.136. The number of rotatable bonds is 7. The molecule has 1 unspecified atom stereocenters. The molecule has 6 rings (SSSR count). The number of nitrogens with one attached hydrogen (secondary N) is 1. The van der Waals surface area contributed by atoms with Crippen molar-refractivity contribution in [1.29, 1.82) is 0 Å². The van der Waals surface area contributed by atoms with Crippen molar-refractivity contribution in [2.45, 2.75) is 75.6 Å². The van der Waals surface area contributed by atoms with E-state index in [1.54, 1.807) is 16.8 Å². The first-order chi connectivity index (χ1) is 21.6. The second-order valence-electron chi connectivity index (χ2n) is 13.3. The monoisotopic (exact) mass is 637 g/mol. The maximum Gasteiger partial charge on any atom is 0.327 e. The van der Waals surface area contributed by atoms with Crippen molar-refractivity contribution in [2.24, 2.45) is 0 Å². The number of benzene rings is 1. The number of H-pyrrole nitrogens is 1. The average Bonchev–Trinajstić information content (AvgIpc) is 3.52. The Hall–Kier alpha value is -3.38. The third-order valence-corrected chi connectivity index (χ3v) is 10.9. The number of aromatic amines is 1. The topological polar surface area (TPSA) is 97.8 Å². The molecular formula is C33H44FN7O3S. The van der Waals surface area contributed by atoms with Gasteiger partial charge in [-0.2, -0.15) is 0 Å². The smallest absolute Gasteiger partial charge is 0.327 e. The molecule has 3 aromatic rings. The predicted molar refractivity (Wildman–Crippen MR) is 176 cm³/mol. The highest BCUT2D eigenvalue weighted by atomic mass is 32.2. The number of anilines is 1. The van der Waals surface area contributed by atoms with E-state index in [1.165, 1.54) is 17.8 Å². The number of imidazole rings is 1. The molecule has 0 spiro atoms. The quantitative estimate of drug-likeness (QED) is 0.411. The molecule has 10 nitrogen and oxygen atoms in total. The van der Waals surface area contributed by atoms with Crippen LogP contribution in [-0.4, -0.2) is 97.7 Å². The molecule has 2 aromatic heterocycles. The van der Waals surface area contributed by atoms with Gasteiger partial charge in [0.05, 0.1) is 16.5 Å². The van der Waals surface area contributed by atoms with E-state index in [0.717, 1.165) is 30.6 Å². The highest BCUT2D eigenvalue weighted by molar-refractivity contribution is 8.01. The van der Waals surface area contributed by atoms with E-state index >= 15 is 4.39 Å². The minimum atomic E-state index is -0.525. The number of aromatic nitrogens is 3. The highest BCUT2D eigenvalue weighted by Gasteiger charge is 2.44. The van der Waals surface area contributed by atoms with Crippen LogP contribution in [0.15, 0.2) is 41.3 Å². The lowest BCUT2D eigenvalue weighted by Crippen LogP contribution is -2.53. The molecule has 3 fully saturated rings. The summed E-state index contributed by atoms with van der Waals surface area (Å²) in [6, 6.07) is 8.85. The number of pyridine rings is 1. The van der Waals surface area contributed by atoms with Crippen molar-refractivity contribution in [1.82, 2.24) is 29.2 Å². The molecule has 0 aliphatic carbocycles. The summed E-state index contributed by atoms with van der Waals surface area (Å²) in [5.74, 6) is -0.378. The average molecular weight is 638 g/mol. The van der Waals surface area contributed by atoms with Gasteiger partial charge in [0.1, 0.15) is 11.2 Å². The fraction of sp³-hybridized carbons (Fsp3) is 0.576. The van der Waals surface area contributed by atoms with Gasteiger partial charge in [0, 0.05) is 75.6 Å². The number of para-hydroxylation sites is 1. The molecule has 3 aliphatic rings. The Kier molecular flexibility index (Phi) is 8.98. The molecule has 5 heterocycles. The van der Waals surface area contributed by atoms with Crippen molar-refractivity contribution < 1.29 is 14.0 Å². The summed E-state index contributed by atoms with van der Waals surface area (Å²) in [6.07, 6.45) is 3.84. The number of hydrogen-bond acceptors (Lipinski definition) is 7. The highest BCUT2D eigenvalue weighted by Crippen LogP contribution is 2.48. The first kappa shape index (κ1) is 31.6. The van der Waals surface area contributed by atoms with Crippen LogP contribution in [0.2, 0.25) is 0 Å². The number of hydrogen-bond donors (Lipinski definition) is 1. The zero-order valence-electron chi connectivity index (χ0n) is 26.7. The number of carbonyl (C=O) groups is 2. The van der Waals surface area contributed by atoms with Gasteiger partial charge in [-0.15, -0.1) is 11.8 Å². The molecule has 3 saturated heterocycles. The predicted octanol–water partition coefficient (Wildman–Crippen LogP) is 4.39. The third-order valence-electron chi connectivity index (χ3n) is 9.46. The SMILES string of the molecule is CCCN1C(=O)[C@@H](CC(=O)N2CCC(n3c(=O)[nH]c4ncccc43)CC2)SC1c1cccc(F)c1N1CCN(C(C)(C)C)CC1. The Morgan fingerprint density at radius 1 is 1.04 bits per heavy atom. The number of piperazine rings is 1. The standard InChI is InChI=1S/C33H44FN7O3S/c1-5-14-40-30(43)26(21-27(42)37-15-11-22(12-16-37)41-25-10-7-13-35-29(25)36-32(41)44)45-31(40)23-8-6-9-24(34)28(23)38-17-19-39(20-18-38)33(2,3)4/h6-10,13,22,26,31H,5,11-12,14-21H2,1-4H3,(H,35,36,44)/t26-,31?/m1/s1.